The first-order chi connectivity index (χ1) is 32.9. The molecular weight excluding hydrogens is 909 g/mol. The van der Waals surface area contributed by atoms with Gasteiger partial charge in [-0.15, -0.1) is 0 Å². The number of rotatable bonds is 13. The normalized spacial score (nSPS) is 22.6. The highest BCUT2D eigenvalue weighted by molar-refractivity contribution is 6.31. The van der Waals surface area contributed by atoms with Gasteiger partial charge in [0.25, 0.3) is 5.91 Å². The summed E-state index contributed by atoms with van der Waals surface area (Å²) in [6.45, 7) is 0.965. The number of fused-ring (bicyclic) bond motifs is 4. The molecule has 2 spiro atoms. The molecule has 1 saturated carbocycles. The molecule has 1 aromatic heterocycles. The van der Waals surface area contributed by atoms with Crippen LogP contribution in [0.25, 0.3) is 0 Å². The molecule has 10 rings (SSSR count). The average molecular weight is 959 g/mol. The van der Waals surface area contributed by atoms with E-state index < -0.39 is 46.6 Å². The summed E-state index contributed by atoms with van der Waals surface area (Å²) in [6, 6.07) is 20.7. The summed E-state index contributed by atoms with van der Waals surface area (Å²) in [6.07, 6.45) is 11.3. The van der Waals surface area contributed by atoms with Crippen molar-refractivity contribution in [1.29, 1.82) is 0 Å². The largest absolute Gasteiger partial charge is 0.325 e. The molecule has 2 saturated heterocycles. The van der Waals surface area contributed by atoms with Crippen LogP contribution in [0.4, 0.5) is 15.8 Å². The molecule has 3 fully saturated rings. The molecule has 4 aromatic carbocycles. The first kappa shape index (κ1) is 45.6. The second kappa shape index (κ2) is 18.4. The molecule has 5 aromatic rings. The van der Waals surface area contributed by atoms with Crippen molar-refractivity contribution in [2.24, 2.45) is 0 Å². The number of hydrogen-bond donors (Lipinski definition) is 4. The number of nitrogens with zero attached hydrogens (tertiary/aromatic N) is 3. The van der Waals surface area contributed by atoms with Gasteiger partial charge in [0.05, 0.1) is 17.3 Å². The number of unbranched alkanes of at least 4 members (excludes halogenated alkanes) is 1. The van der Waals surface area contributed by atoms with E-state index in [-0.39, 0.29) is 40.5 Å². The summed E-state index contributed by atoms with van der Waals surface area (Å²) < 4.78 is 18.2. The van der Waals surface area contributed by atoms with Gasteiger partial charge in [-0.1, -0.05) is 72.8 Å². The monoisotopic (exact) mass is 957 g/mol. The van der Waals surface area contributed by atoms with Crippen molar-refractivity contribution in [1.82, 2.24) is 25.3 Å². The van der Waals surface area contributed by atoms with Crippen LogP contribution in [0.1, 0.15) is 119 Å². The Morgan fingerprint density at radius 1 is 0.897 bits per heavy atom. The number of aryl methyl sites for hydroxylation is 3. The topological polar surface area (TPSA) is 172 Å². The molecule has 1 unspecified atom stereocenters. The number of carbonyl (C=O) groups excluding carboxylic acids is 6. The number of nitrogens with one attached hydrogen (secondary N) is 4. The van der Waals surface area contributed by atoms with Crippen molar-refractivity contribution in [2.45, 2.75) is 119 Å². The lowest BCUT2D eigenvalue weighted by molar-refractivity contribution is -0.137. The van der Waals surface area contributed by atoms with Crippen LogP contribution in [0, 0.1) is 5.82 Å². The predicted octanol–water partition coefficient (Wildman–Crippen LogP) is 8.22. The maximum Gasteiger partial charge on any atom is 0.255 e. The fraction of sp³-hybridized carbons (Fsp3) is 0.365. The lowest BCUT2D eigenvalue weighted by Crippen LogP contribution is -2.60. The van der Waals surface area contributed by atoms with Crippen molar-refractivity contribution in [3.05, 3.63) is 146 Å². The molecule has 5 aliphatic rings. The van der Waals surface area contributed by atoms with Gasteiger partial charge in [-0.25, -0.2) is 4.39 Å². The van der Waals surface area contributed by atoms with Crippen LogP contribution in [0.5, 0.6) is 0 Å². The number of benzene rings is 4. The van der Waals surface area contributed by atoms with E-state index >= 15 is 4.39 Å². The number of imide groups is 1. The van der Waals surface area contributed by atoms with Crippen LogP contribution in [-0.2, 0) is 50.5 Å². The molecule has 0 radical (unpaired) electrons. The predicted molar refractivity (Wildman–Crippen MR) is 254 cm³/mol. The molecule has 350 valence electrons. The highest BCUT2D eigenvalue weighted by Crippen LogP contribution is 2.63. The third-order valence-electron chi connectivity index (χ3n) is 14.9. The zero-order valence-corrected chi connectivity index (χ0v) is 38.7. The number of aromatic nitrogens is 2. The lowest BCUT2D eigenvalue weighted by atomic mass is 9.55. The second-order valence-corrected chi connectivity index (χ2v) is 19.6. The van der Waals surface area contributed by atoms with Crippen LogP contribution >= 0.6 is 23.2 Å². The standard InChI is InChI=1S/C52H50Cl2FN7O6/c53-33-17-20-38-40(26-33)58-50(68)52(38)44(36-10-7-11-39(54)45(36)55)46(60-51(52)23-3-1-4-24-51)48(66)57-34-18-15-32(16-19-34)42(63)12-2-5-25-61-28-30(27-56-61)13-14-31-8-6-9-35-37(31)29-62(49(35)67)41-21-22-43(64)59-47(41)65/h6-11,15-20,26-28,41,44,46,60H,1-5,12-14,21-25,29H2,(H,57,66)(H,58,68)(H,59,64,65)/t41?,44-,46+,52+/m0/s1. The van der Waals surface area contributed by atoms with Crippen LogP contribution in [0.2, 0.25) is 10.0 Å². The zero-order valence-electron chi connectivity index (χ0n) is 37.2. The molecule has 4 N–H and O–H groups in total. The molecule has 1 aliphatic carbocycles. The van der Waals surface area contributed by atoms with E-state index in [4.69, 9.17) is 23.2 Å². The van der Waals surface area contributed by atoms with Gasteiger partial charge in [-0.2, -0.15) is 5.10 Å². The smallest absolute Gasteiger partial charge is 0.255 e. The van der Waals surface area contributed by atoms with Crippen LogP contribution in [0.3, 0.4) is 0 Å². The molecule has 13 nitrogen and oxygen atoms in total. The van der Waals surface area contributed by atoms with Gasteiger partial charge in [0.2, 0.25) is 23.6 Å². The maximum atomic E-state index is 16.3. The van der Waals surface area contributed by atoms with Gasteiger partial charge in [-0.3, -0.25) is 44.1 Å². The highest BCUT2D eigenvalue weighted by Gasteiger charge is 2.72. The Balaban J connectivity index is 0.758. The van der Waals surface area contributed by atoms with E-state index in [1.165, 1.54) is 6.07 Å². The Morgan fingerprint density at radius 3 is 2.49 bits per heavy atom. The first-order valence-electron chi connectivity index (χ1n) is 23.4. The fourth-order valence-corrected chi connectivity index (χ4v) is 12.1. The van der Waals surface area contributed by atoms with Crippen LogP contribution in [0.15, 0.2) is 91.3 Å². The van der Waals surface area contributed by atoms with E-state index in [2.05, 4.69) is 26.4 Å². The summed E-state index contributed by atoms with van der Waals surface area (Å²) in [5, 5.41) is 16.9. The minimum atomic E-state index is -1.35. The number of halogens is 3. The number of amides is 5. The third-order valence-corrected chi connectivity index (χ3v) is 15.4. The molecular formula is C52H50Cl2FN7O6. The van der Waals surface area contributed by atoms with Crippen molar-refractivity contribution in [3.63, 3.8) is 0 Å². The highest BCUT2D eigenvalue weighted by atomic mass is 35.5. The molecule has 5 amide bonds. The van der Waals surface area contributed by atoms with E-state index in [9.17, 15) is 28.8 Å². The second-order valence-electron chi connectivity index (χ2n) is 18.7. The Bertz CT molecular complexity index is 2880. The molecule has 4 aliphatic heterocycles. The van der Waals surface area contributed by atoms with E-state index in [0.717, 1.165) is 42.4 Å². The van der Waals surface area contributed by atoms with Crippen molar-refractivity contribution in [3.8, 4) is 0 Å². The van der Waals surface area contributed by atoms with Crippen molar-refractivity contribution in [2.75, 3.05) is 10.6 Å². The third kappa shape index (κ3) is 7.99. The summed E-state index contributed by atoms with van der Waals surface area (Å²) >= 11 is 12.8. The number of carbonyl (C=O) groups is 6. The molecule has 16 heteroatoms. The van der Waals surface area contributed by atoms with Crippen LogP contribution in [-0.4, -0.2) is 67.6 Å². The van der Waals surface area contributed by atoms with Gasteiger partial charge in [0.1, 0.15) is 17.3 Å². The van der Waals surface area contributed by atoms with Crippen molar-refractivity contribution < 1.29 is 33.2 Å². The van der Waals surface area contributed by atoms with Gasteiger partial charge in [0.15, 0.2) is 5.78 Å². The minimum Gasteiger partial charge on any atom is -0.325 e. The quantitative estimate of drug-likeness (QED) is 0.0520. The number of hydrogen-bond acceptors (Lipinski definition) is 8. The number of ketones is 1. The Labute approximate surface area is 402 Å². The lowest BCUT2D eigenvalue weighted by Gasteiger charge is -2.47. The Hall–Kier alpha value is -6.22. The number of anilines is 2. The molecule has 0 bridgehead atoms. The van der Waals surface area contributed by atoms with Gasteiger partial charge < -0.3 is 15.5 Å². The van der Waals surface area contributed by atoms with Gasteiger partial charge in [0, 0.05) is 71.1 Å². The average Bonchev–Trinajstić information content (AvgIpc) is 4.08. The van der Waals surface area contributed by atoms with Gasteiger partial charge in [-0.05, 0) is 121 Å². The SMILES string of the molecule is O=C1CCC(N2Cc3c(CCc4cnn(CCCCC(=O)c5ccc(NC(=O)[C@@H]6NC7(CCCCC7)[C@@]7(C(=O)Nc8cc(Cl)ccc87)[C@H]6c6cccc(Cl)c6F)cc5)c4)cccc3C2=O)C(=O)N1. The Morgan fingerprint density at radius 2 is 1.69 bits per heavy atom. The molecule has 68 heavy (non-hydrogen) atoms. The van der Waals surface area contributed by atoms with E-state index in [1.54, 1.807) is 59.5 Å². The maximum absolute atomic E-state index is 16.3. The minimum absolute atomic E-state index is 0.0322. The summed E-state index contributed by atoms with van der Waals surface area (Å²) in [7, 11) is 0. The molecule has 4 atom stereocenters. The van der Waals surface area contributed by atoms with Crippen molar-refractivity contribution >= 4 is 69.9 Å². The molecule has 5 heterocycles. The summed E-state index contributed by atoms with van der Waals surface area (Å²) in [5.74, 6) is -3.36. The number of Topliss-reactive ketones (excluding diaryl/α,β-unsaturated/α-hetero) is 1. The fourth-order valence-electron chi connectivity index (χ4n) is 11.7. The number of piperidine rings is 1. The Kier molecular flexibility index (Phi) is 12.3. The van der Waals surface area contributed by atoms with Gasteiger partial charge >= 0.3 is 0 Å². The van der Waals surface area contributed by atoms with Crippen LogP contribution < -0.4 is 21.3 Å². The summed E-state index contributed by atoms with van der Waals surface area (Å²) in [4.78, 5) is 81.6. The summed E-state index contributed by atoms with van der Waals surface area (Å²) in [5.41, 5.74) is 3.72. The first-order valence-corrected chi connectivity index (χ1v) is 24.2. The van der Waals surface area contributed by atoms with E-state index in [1.807, 2.05) is 35.3 Å². The van der Waals surface area contributed by atoms with E-state index in [0.29, 0.717) is 91.1 Å². The zero-order chi connectivity index (χ0) is 47.3.